The van der Waals surface area contributed by atoms with Crippen molar-refractivity contribution in [3.05, 3.63) is 41.4 Å². The molecule has 1 unspecified atom stereocenters. The first kappa shape index (κ1) is 29.4. The number of rotatable bonds is 9. The lowest BCUT2D eigenvalue weighted by Gasteiger charge is -2.26. The summed E-state index contributed by atoms with van der Waals surface area (Å²) < 4.78 is 8.31. The van der Waals surface area contributed by atoms with Crippen LogP contribution in [0.3, 0.4) is 0 Å². The van der Waals surface area contributed by atoms with Gasteiger partial charge in [-0.05, 0) is 52.0 Å². The number of hydrazone groups is 1. The van der Waals surface area contributed by atoms with E-state index in [4.69, 9.17) is 20.8 Å². The third-order valence-electron chi connectivity index (χ3n) is 6.83. The van der Waals surface area contributed by atoms with Crippen LogP contribution in [0.15, 0.2) is 45.2 Å². The third kappa shape index (κ3) is 7.23. The molecule has 206 valence electrons. The van der Waals surface area contributed by atoms with Crippen molar-refractivity contribution in [3.8, 4) is 18.1 Å². The Balaban J connectivity index is 0.00000205. The highest BCUT2D eigenvalue weighted by Crippen LogP contribution is 2.37. The lowest BCUT2D eigenvalue weighted by atomic mass is 10.0. The molecule has 10 nitrogen and oxygen atoms in total. The van der Waals surface area contributed by atoms with Gasteiger partial charge in [0, 0.05) is 30.9 Å². The zero-order valence-corrected chi connectivity index (χ0v) is 23.6. The number of pyridine rings is 1. The standard InChI is InChI=1S/C27H33N9O.C2H6/c1-4-23(31-5-2)24(12-19-6-7-19)37-26-14-20(13-25-32-16-22(15-28)36(25)26)27(34-30)18(3)33-21-8-10-35(17-29)11-9-21;1-2/h4-5,13-14,16,19,21,24H,6-12,30H2,1-3H3;1-2H3/b23-4-,31-5?,33-18?,34-27+;. The molecule has 0 radical (unpaired) electrons. The zero-order valence-electron chi connectivity index (χ0n) is 23.6. The van der Waals surface area contributed by atoms with Crippen molar-refractivity contribution >= 4 is 23.3 Å². The van der Waals surface area contributed by atoms with Crippen molar-refractivity contribution in [2.24, 2.45) is 26.8 Å². The normalized spacial score (nSPS) is 17.9. The van der Waals surface area contributed by atoms with Gasteiger partial charge in [-0.1, -0.05) is 32.8 Å². The summed E-state index contributed by atoms with van der Waals surface area (Å²) in [6, 6.07) is 5.99. The van der Waals surface area contributed by atoms with Crippen LogP contribution in [-0.4, -0.2) is 57.2 Å². The van der Waals surface area contributed by atoms with E-state index < -0.39 is 0 Å². The second-order valence-corrected chi connectivity index (χ2v) is 9.43. The number of nitriles is 2. The maximum Gasteiger partial charge on any atom is 0.201 e. The summed E-state index contributed by atoms with van der Waals surface area (Å²) >= 11 is 0. The van der Waals surface area contributed by atoms with Gasteiger partial charge in [0.05, 0.1) is 23.6 Å². The van der Waals surface area contributed by atoms with Crippen LogP contribution in [0.4, 0.5) is 0 Å². The van der Waals surface area contributed by atoms with E-state index in [1.54, 1.807) is 15.5 Å². The number of hydrogen-bond donors (Lipinski definition) is 1. The fraction of sp³-hybridized carbons (Fsp3) is 0.517. The average Bonchev–Trinajstić information content (AvgIpc) is 3.68. The Bertz CT molecular complexity index is 1330. The summed E-state index contributed by atoms with van der Waals surface area (Å²) in [6.45, 7) is 11.1. The molecule has 2 fully saturated rings. The molecule has 0 bridgehead atoms. The Kier molecular flexibility index (Phi) is 10.6. The topological polar surface area (TPSA) is 140 Å². The van der Waals surface area contributed by atoms with Gasteiger partial charge in [0.25, 0.3) is 0 Å². The van der Waals surface area contributed by atoms with Crippen LogP contribution in [-0.2, 0) is 0 Å². The number of likely N-dealkylation sites (tertiary alicyclic amines) is 1. The number of piperidine rings is 1. The summed E-state index contributed by atoms with van der Waals surface area (Å²) in [6.07, 6.45) is 12.0. The monoisotopic (exact) mass is 529 g/mol. The van der Waals surface area contributed by atoms with Crippen molar-refractivity contribution in [1.82, 2.24) is 14.3 Å². The van der Waals surface area contributed by atoms with Crippen LogP contribution >= 0.6 is 0 Å². The second-order valence-electron chi connectivity index (χ2n) is 9.43. The number of allylic oxidation sites excluding steroid dienone is 1. The summed E-state index contributed by atoms with van der Waals surface area (Å²) in [4.78, 5) is 15.6. The zero-order chi connectivity index (χ0) is 28.4. The Labute approximate surface area is 231 Å². The van der Waals surface area contributed by atoms with E-state index in [0.29, 0.717) is 53.2 Å². The molecule has 1 atom stereocenters. The van der Waals surface area contributed by atoms with Crippen LogP contribution in [0.5, 0.6) is 5.88 Å². The first-order chi connectivity index (χ1) is 19.0. The van der Waals surface area contributed by atoms with E-state index in [1.807, 2.05) is 52.8 Å². The van der Waals surface area contributed by atoms with Gasteiger partial charge in [0.2, 0.25) is 5.88 Å². The minimum absolute atomic E-state index is 0.101. The van der Waals surface area contributed by atoms with Crippen molar-refractivity contribution in [2.45, 2.75) is 78.9 Å². The highest BCUT2D eigenvalue weighted by Gasteiger charge is 2.29. The summed E-state index contributed by atoms with van der Waals surface area (Å²) in [5.74, 6) is 6.96. The van der Waals surface area contributed by atoms with Gasteiger partial charge in [0.15, 0.2) is 6.19 Å². The van der Waals surface area contributed by atoms with Crippen molar-refractivity contribution in [1.29, 1.82) is 10.5 Å². The fourth-order valence-corrected chi connectivity index (χ4v) is 4.71. The minimum Gasteiger partial charge on any atom is -0.469 e. The van der Waals surface area contributed by atoms with Crippen molar-refractivity contribution in [3.63, 3.8) is 0 Å². The molecule has 2 aromatic heterocycles. The Morgan fingerprint density at radius 2 is 1.92 bits per heavy atom. The lowest BCUT2D eigenvalue weighted by Crippen LogP contribution is -2.32. The highest BCUT2D eigenvalue weighted by molar-refractivity contribution is 6.47. The number of nitrogens with zero attached hydrogens (tertiary/aromatic N) is 8. The van der Waals surface area contributed by atoms with E-state index in [1.165, 1.54) is 19.0 Å². The van der Waals surface area contributed by atoms with E-state index in [9.17, 15) is 5.26 Å². The molecule has 1 aliphatic heterocycles. The van der Waals surface area contributed by atoms with Gasteiger partial charge in [-0.2, -0.15) is 15.6 Å². The van der Waals surface area contributed by atoms with Gasteiger partial charge in [-0.15, -0.1) is 0 Å². The number of nitrogens with two attached hydrogens (primary N) is 1. The van der Waals surface area contributed by atoms with Crippen LogP contribution < -0.4 is 10.6 Å². The number of hydrogen-bond acceptors (Lipinski definition) is 9. The molecule has 4 rings (SSSR count). The predicted molar refractivity (Wildman–Crippen MR) is 155 cm³/mol. The molecule has 0 spiro atoms. The molecule has 39 heavy (non-hydrogen) atoms. The van der Waals surface area contributed by atoms with E-state index >= 15 is 0 Å². The number of aliphatic imine (C=N–C) groups is 2. The minimum atomic E-state index is -0.264. The van der Waals surface area contributed by atoms with Crippen molar-refractivity contribution in [2.75, 3.05) is 13.1 Å². The van der Waals surface area contributed by atoms with E-state index in [-0.39, 0.29) is 12.1 Å². The second kappa shape index (κ2) is 14.1. The molecule has 3 heterocycles. The lowest BCUT2D eigenvalue weighted by molar-refractivity contribution is 0.206. The average molecular weight is 530 g/mol. The number of fused-ring (bicyclic) bond motifs is 1. The molecule has 2 aromatic rings. The van der Waals surface area contributed by atoms with Crippen molar-refractivity contribution < 1.29 is 4.74 Å². The molecule has 2 aliphatic rings. The third-order valence-corrected chi connectivity index (χ3v) is 6.83. The molecule has 1 saturated carbocycles. The quantitative estimate of drug-likeness (QED) is 0.213. The Morgan fingerprint density at radius 3 is 2.49 bits per heavy atom. The maximum atomic E-state index is 9.72. The first-order valence-corrected chi connectivity index (χ1v) is 13.7. The maximum absolute atomic E-state index is 9.72. The molecular formula is C29H39N9O. The SMILES string of the molecule is CC.CC=N/C(=C\C)C(CC1CC1)Oc1cc(/C(=N/N)C(C)=NC2CCN(C#N)CC2)cc2ncc(C#N)n12. The van der Waals surface area contributed by atoms with E-state index in [2.05, 4.69) is 27.3 Å². The molecule has 1 aliphatic carbocycles. The van der Waals surface area contributed by atoms with Crippen LogP contribution in [0, 0.1) is 28.7 Å². The van der Waals surface area contributed by atoms with Gasteiger partial charge >= 0.3 is 0 Å². The highest BCUT2D eigenvalue weighted by atomic mass is 16.5. The van der Waals surface area contributed by atoms with E-state index in [0.717, 1.165) is 25.0 Å². The summed E-state index contributed by atoms with van der Waals surface area (Å²) in [5.41, 5.74) is 3.74. The molecule has 0 amide bonds. The molecular weight excluding hydrogens is 490 g/mol. The number of ether oxygens (including phenoxy) is 1. The van der Waals surface area contributed by atoms with Crippen LogP contribution in [0.25, 0.3) is 5.65 Å². The molecule has 2 N–H and O–H groups in total. The molecule has 0 aromatic carbocycles. The Morgan fingerprint density at radius 1 is 1.21 bits per heavy atom. The van der Waals surface area contributed by atoms with Crippen LogP contribution in [0.1, 0.15) is 78.0 Å². The smallest absolute Gasteiger partial charge is 0.201 e. The van der Waals surface area contributed by atoms with Gasteiger partial charge in [-0.25, -0.2) is 4.98 Å². The largest absolute Gasteiger partial charge is 0.469 e. The van der Waals surface area contributed by atoms with Gasteiger partial charge in [-0.3, -0.25) is 14.4 Å². The predicted octanol–water partition coefficient (Wildman–Crippen LogP) is 4.84. The Hall–Kier alpha value is -4.18. The number of aromatic nitrogens is 2. The fourth-order valence-electron chi connectivity index (χ4n) is 4.71. The van der Waals surface area contributed by atoms with Gasteiger partial charge in [0.1, 0.15) is 29.2 Å². The molecule has 10 heteroatoms. The summed E-state index contributed by atoms with van der Waals surface area (Å²) in [7, 11) is 0. The summed E-state index contributed by atoms with van der Waals surface area (Å²) in [5, 5.41) is 22.9. The first-order valence-electron chi connectivity index (χ1n) is 13.7. The molecule has 1 saturated heterocycles. The number of imidazole rings is 1. The van der Waals surface area contributed by atoms with Gasteiger partial charge < -0.3 is 15.5 Å². The van der Waals surface area contributed by atoms with Crippen LogP contribution in [0.2, 0.25) is 0 Å².